The fourth-order valence-electron chi connectivity index (χ4n) is 3.76. The van der Waals surface area contributed by atoms with E-state index in [1.807, 2.05) is 0 Å². The summed E-state index contributed by atoms with van der Waals surface area (Å²) in [5, 5.41) is 0. The molecule has 1 heterocycles. The van der Waals surface area contributed by atoms with Crippen LogP contribution in [-0.2, 0) is 19.4 Å². The Morgan fingerprint density at radius 3 is 2.28 bits per heavy atom. The zero-order valence-corrected chi connectivity index (χ0v) is 19.1. The van der Waals surface area contributed by atoms with Gasteiger partial charge in [0.05, 0.1) is 11.0 Å². The van der Waals surface area contributed by atoms with Crippen LogP contribution in [0.25, 0.3) is 11.0 Å². The highest BCUT2D eigenvalue weighted by atomic mass is 15.1. The van der Waals surface area contributed by atoms with Gasteiger partial charge in [0.15, 0.2) is 0 Å². The largest absolute Gasteiger partial charge is 0.328 e. The Morgan fingerprint density at radius 1 is 0.793 bits per heavy atom. The highest BCUT2D eigenvalue weighted by molar-refractivity contribution is 5.75. The van der Waals surface area contributed by atoms with Crippen LogP contribution in [0.15, 0.2) is 48.5 Å². The second-order valence-electron chi connectivity index (χ2n) is 8.03. The summed E-state index contributed by atoms with van der Waals surface area (Å²) in [6.45, 7) is 9.93. The van der Waals surface area contributed by atoms with Crippen molar-refractivity contribution in [3.8, 4) is 0 Å². The van der Waals surface area contributed by atoms with Crippen LogP contribution in [-0.4, -0.2) is 9.55 Å². The summed E-state index contributed by atoms with van der Waals surface area (Å²) in [6, 6.07) is 17.3. The van der Waals surface area contributed by atoms with E-state index in [-0.39, 0.29) is 0 Å². The Hall–Kier alpha value is -2.09. The predicted molar refractivity (Wildman–Crippen MR) is 128 cm³/mol. The maximum atomic E-state index is 4.65. The number of unbranched alkanes of at least 4 members (excludes halogenated alkanes) is 5. The van der Waals surface area contributed by atoms with Crippen molar-refractivity contribution in [1.29, 1.82) is 0 Å². The number of aryl methyl sites for hydroxylation is 4. The lowest BCUT2D eigenvalue weighted by Crippen LogP contribution is -2.02. The van der Waals surface area contributed by atoms with E-state index in [0.29, 0.717) is 0 Å². The summed E-state index contributed by atoms with van der Waals surface area (Å²) in [6.07, 6.45) is 11.6. The van der Waals surface area contributed by atoms with Gasteiger partial charge in [0.25, 0.3) is 0 Å². The number of para-hydroxylation sites is 2. The van der Waals surface area contributed by atoms with Gasteiger partial charge in [0, 0.05) is 13.0 Å². The van der Waals surface area contributed by atoms with Crippen LogP contribution in [0.5, 0.6) is 0 Å². The van der Waals surface area contributed by atoms with E-state index in [1.54, 1.807) is 0 Å². The molecule has 0 N–H and O–H groups in total. The summed E-state index contributed by atoms with van der Waals surface area (Å²) in [7, 11) is 0. The third-order valence-electron chi connectivity index (χ3n) is 5.44. The summed E-state index contributed by atoms with van der Waals surface area (Å²) in [5.41, 5.74) is 5.30. The molecule has 0 unspecified atom stereocenters. The van der Waals surface area contributed by atoms with Crippen LogP contribution in [0.1, 0.15) is 82.7 Å². The molecular formula is C27H40N2. The van der Waals surface area contributed by atoms with Crippen molar-refractivity contribution in [3.63, 3.8) is 0 Å². The fraction of sp³-hybridized carbons (Fsp3) is 0.519. The maximum absolute atomic E-state index is 4.65. The van der Waals surface area contributed by atoms with Crippen molar-refractivity contribution in [1.82, 2.24) is 9.55 Å². The summed E-state index contributed by atoms with van der Waals surface area (Å²) < 4.78 is 2.36. The molecule has 3 aromatic rings. The van der Waals surface area contributed by atoms with Gasteiger partial charge in [0.1, 0.15) is 5.82 Å². The van der Waals surface area contributed by atoms with Crippen LogP contribution in [0.4, 0.5) is 0 Å². The molecule has 0 atom stereocenters. The number of hydrogen-bond acceptors (Lipinski definition) is 1. The number of hydrogen-bond donors (Lipinski definition) is 0. The van der Waals surface area contributed by atoms with Crippen LogP contribution in [0.2, 0.25) is 0 Å². The third kappa shape index (κ3) is 7.68. The molecule has 0 aliphatic heterocycles. The molecule has 1 aromatic heterocycles. The van der Waals surface area contributed by atoms with E-state index >= 15 is 0 Å². The summed E-state index contributed by atoms with van der Waals surface area (Å²) in [4.78, 5) is 4.65. The number of rotatable bonds is 10. The van der Waals surface area contributed by atoms with Gasteiger partial charge in [0.2, 0.25) is 0 Å². The molecule has 0 fully saturated rings. The molecule has 0 aliphatic carbocycles. The first-order valence-electron chi connectivity index (χ1n) is 11.7. The molecule has 2 aromatic carbocycles. The topological polar surface area (TPSA) is 17.8 Å². The number of nitrogens with zero attached hydrogens (tertiary/aromatic N) is 2. The van der Waals surface area contributed by atoms with Gasteiger partial charge in [-0.1, -0.05) is 94.8 Å². The first kappa shape index (κ1) is 23.2. The quantitative estimate of drug-likeness (QED) is 0.320. The molecule has 3 rings (SSSR count). The normalized spacial score (nSPS) is 10.8. The van der Waals surface area contributed by atoms with Crippen molar-refractivity contribution in [2.45, 2.75) is 92.0 Å². The molecule has 158 valence electrons. The van der Waals surface area contributed by atoms with E-state index < -0.39 is 0 Å². The van der Waals surface area contributed by atoms with Gasteiger partial charge in [-0.3, -0.25) is 0 Å². The first-order chi connectivity index (χ1) is 14.2. The minimum absolute atomic E-state index is 1.01. The summed E-state index contributed by atoms with van der Waals surface area (Å²) >= 11 is 0. The third-order valence-corrected chi connectivity index (χ3v) is 5.44. The molecule has 0 aliphatic rings. The molecular weight excluding hydrogens is 352 g/mol. The van der Waals surface area contributed by atoms with Crippen LogP contribution in [0.3, 0.4) is 0 Å². The lowest BCUT2D eigenvalue weighted by molar-refractivity contribution is 0.620. The van der Waals surface area contributed by atoms with Gasteiger partial charge >= 0.3 is 0 Å². The monoisotopic (exact) mass is 392 g/mol. The highest BCUT2D eigenvalue weighted by Crippen LogP contribution is 2.17. The molecule has 0 saturated heterocycles. The minimum Gasteiger partial charge on any atom is -0.328 e. The zero-order chi connectivity index (χ0) is 20.9. The average Bonchev–Trinajstić information content (AvgIpc) is 3.10. The van der Waals surface area contributed by atoms with E-state index in [4.69, 9.17) is 0 Å². The van der Waals surface area contributed by atoms with E-state index in [1.165, 1.54) is 73.8 Å². The van der Waals surface area contributed by atoms with E-state index in [9.17, 15) is 0 Å². The molecule has 0 saturated carbocycles. The minimum atomic E-state index is 1.01. The Labute approximate surface area is 178 Å². The summed E-state index contributed by atoms with van der Waals surface area (Å²) in [5.74, 6) is 1.21. The van der Waals surface area contributed by atoms with Crippen molar-refractivity contribution in [2.24, 2.45) is 0 Å². The molecule has 2 heteroatoms. The standard InChI is InChI=1S/C14H22.C13H18N2/c1-3-4-5-6-7-10-14-11-8-9-13(2)12-14;1-3-5-10-15-12-9-7-6-8-11(12)14-13(15)4-2/h8-9,11-12H,3-7,10H2,1-2H3;6-9H,3-5,10H2,1-2H3. The molecule has 0 spiro atoms. The maximum Gasteiger partial charge on any atom is 0.109 e. The molecule has 29 heavy (non-hydrogen) atoms. The predicted octanol–water partition coefficient (Wildman–Crippen LogP) is 7.91. The van der Waals surface area contributed by atoms with E-state index in [0.717, 1.165) is 18.5 Å². The van der Waals surface area contributed by atoms with Gasteiger partial charge in [-0.2, -0.15) is 0 Å². The Kier molecular flexibility index (Phi) is 10.5. The fourth-order valence-corrected chi connectivity index (χ4v) is 3.76. The van der Waals surface area contributed by atoms with Gasteiger partial charge in [-0.25, -0.2) is 4.98 Å². The lowest BCUT2D eigenvalue weighted by atomic mass is 10.0. The Bertz CT molecular complexity index is 831. The molecule has 0 bridgehead atoms. The number of imidazole rings is 1. The second kappa shape index (κ2) is 13.2. The molecule has 0 radical (unpaired) electrons. The second-order valence-corrected chi connectivity index (χ2v) is 8.03. The average molecular weight is 393 g/mol. The number of fused-ring (bicyclic) bond motifs is 1. The van der Waals surface area contributed by atoms with Crippen molar-refractivity contribution >= 4 is 11.0 Å². The molecule has 0 amide bonds. The smallest absolute Gasteiger partial charge is 0.109 e. The van der Waals surface area contributed by atoms with Crippen molar-refractivity contribution in [2.75, 3.05) is 0 Å². The van der Waals surface area contributed by atoms with Crippen molar-refractivity contribution < 1.29 is 0 Å². The van der Waals surface area contributed by atoms with Crippen molar-refractivity contribution in [3.05, 3.63) is 65.5 Å². The first-order valence-corrected chi connectivity index (χ1v) is 11.7. The Morgan fingerprint density at radius 2 is 1.55 bits per heavy atom. The number of benzene rings is 2. The zero-order valence-electron chi connectivity index (χ0n) is 19.1. The molecule has 2 nitrogen and oxygen atoms in total. The van der Waals surface area contributed by atoms with Gasteiger partial charge in [-0.15, -0.1) is 0 Å². The van der Waals surface area contributed by atoms with Crippen LogP contribution >= 0.6 is 0 Å². The van der Waals surface area contributed by atoms with Gasteiger partial charge in [-0.05, 0) is 43.9 Å². The van der Waals surface area contributed by atoms with Crippen LogP contribution < -0.4 is 0 Å². The Balaban J connectivity index is 0.000000208. The number of aromatic nitrogens is 2. The highest BCUT2D eigenvalue weighted by Gasteiger charge is 2.07. The van der Waals surface area contributed by atoms with Crippen LogP contribution in [0, 0.1) is 6.92 Å². The lowest BCUT2D eigenvalue weighted by Gasteiger charge is -2.06. The van der Waals surface area contributed by atoms with Gasteiger partial charge < -0.3 is 4.57 Å². The van der Waals surface area contributed by atoms with E-state index in [2.05, 4.69) is 85.8 Å². The SMILES string of the molecule is CCCCCCCc1cccc(C)c1.CCCCn1c(CC)nc2ccccc21.